The Kier molecular flexibility index (Phi) is 6.20. The minimum atomic E-state index is -0.593. The van der Waals surface area contributed by atoms with Crippen LogP contribution in [0.1, 0.15) is 58.3 Å². The quantitative estimate of drug-likeness (QED) is 0.527. The maximum absolute atomic E-state index is 8.88. The molecule has 2 nitrogen and oxygen atoms in total. The zero-order valence-electron chi connectivity index (χ0n) is 9.37. The van der Waals surface area contributed by atoms with E-state index in [9.17, 15) is 0 Å². The normalized spacial score (nSPS) is 21.0. The molecule has 2 heteroatoms. The van der Waals surface area contributed by atoms with Gasteiger partial charge in [0.05, 0.1) is 0 Å². The van der Waals surface area contributed by atoms with Gasteiger partial charge in [-0.25, -0.2) is 0 Å². The van der Waals surface area contributed by atoms with Gasteiger partial charge in [0.2, 0.25) is 0 Å². The third-order valence-corrected chi connectivity index (χ3v) is 3.09. The molecule has 0 spiro atoms. The van der Waals surface area contributed by atoms with Crippen molar-refractivity contribution in [3.8, 4) is 0 Å². The Labute approximate surface area is 87.7 Å². The van der Waals surface area contributed by atoms with Crippen molar-refractivity contribution >= 4 is 0 Å². The molecule has 1 rings (SSSR count). The van der Waals surface area contributed by atoms with E-state index in [0.29, 0.717) is 6.61 Å². The highest BCUT2D eigenvalue weighted by atomic mass is 16.6. The van der Waals surface area contributed by atoms with Crippen molar-refractivity contribution in [3.63, 3.8) is 0 Å². The van der Waals surface area contributed by atoms with Crippen LogP contribution in [0.15, 0.2) is 0 Å². The first-order valence-corrected chi connectivity index (χ1v) is 6.08. The fourth-order valence-corrected chi connectivity index (χ4v) is 2.26. The second kappa shape index (κ2) is 7.24. The number of unbranched alkanes of at least 4 members (excludes halogenated alkanes) is 1. The van der Waals surface area contributed by atoms with Crippen molar-refractivity contribution in [2.45, 2.75) is 64.6 Å². The van der Waals surface area contributed by atoms with Gasteiger partial charge in [0.25, 0.3) is 0 Å². The Hall–Kier alpha value is -0.0800. The zero-order chi connectivity index (χ0) is 10.2. The van der Waals surface area contributed by atoms with Crippen molar-refractivity contribution < 1.29 is 9.84 Å². The summed E-state index contributed by atoms with van der Waals surface area (Å²) in [5.74, 6) is 0.982. The Bertz CT molecular complexity index is 128. The van der Waals surface area contributed by atoms with E-state index in [1.54, 1.807) is 6.92 Å². The number of aliphatic hydroxyl groups is 1. The molecule has 0 aromatic rings. The maximum atomic E-state index is 8.88. The molecule has 1 aliphatic carbocycles. The summed E-state index contributed by atoms with van der Waals surface area (Å²) in [6.45, 7) is 2.38. The Morgan fingerprint density at radius 1 is 1.21 bits per heavy atom. The second-order valence-electron chi connectivity index (χ2n) is 4.47. The molecule has 0 aromatic heterocycles. The Morgan fingerprint density at radius 2 is 1.93 bits per heavy atom. The summed E-state index contributed by atoms with van der Waals surface area (Å²) >= 11 is 0. The standard InChI is InChI=1S/C12H24O2/c1-11(13)14-10-6-5-9-12-7-3-2-4-8-12/h11-13H,2-10H2,1H3. The summed E-state index contributed by atoms with van der Waals surface area (Å²) in [7, 11) is 0. The molecular weight excluding hydrogens is 176 g/mol. The van der Waals surface area contributed by atoms with Gasteiger partial charge in [-0.05, 0) is 19.3 Å². The smallest absolute Gasteiger partial charge is 0.151 e. The highest BCUT2D eigenvalue weighted by Crippen LogP contribution is 2.27. The lowest BCUT2D eigenvalue weighted by Crippen LogP contribution is -2.09. The maximum Gasteiger partial charge on any atom is 0.151 e. The van der Waals surface area contributed by atoms with E-state index < -0.39 is 6.29 Å². The van der Waals surface area contributed by atoms with E-state index in [2.05, 4.69) is 0 Å². The van der Waals surface area contributed by atoms with Crippen LogP contribution < -0.4 is 0 Å². The van der Waals surface area contributed by atoms with E-state index in [1.165, 1.54) is 44.9 Å². The molecule has 84 valence electrons. The van der Waals surface area contributed by atoms with Crippen LogP contribution in [0, 0.1) is 5.92 Å². The fourth-order valence-electron chi connectivity index (χ4n) is 2.26. The molecule has 1 N–H and O–H groups in total. The fraction of sp³-hybridized carbons (Fsp3) is 1.00. The van der Waals surface area contributed by atoms with Crippen molar-refractivity contribution in [1.82, 2.24) is 0 Å². The number of rotatable bonds is 6. The first kappa shape index (κ1) is 12.0. The van der Waals surface area contributed by atoms with Crippen LogP contribution in [0.2, 0.25) is 0 Å². The summed E-state index contributed by atoms with van der Waals surface area (Å²) in [6.07, 6.45) is 10.3. The molecule has 0 radical (unpaired) electrons. The first-order chi connectivity index (χ1) is 6.79. The van der Waals surface area contributed by atoms with Gasteiger partial charge < -0.3 is 9.84 Å². The number of aliphatic hydroxyl groups excluding tert-OH is 1. The third-order valence-electron chi connectivity index (χ3n) is 3.09. The molecule has 0 heterocycles. The van der Waals surface area contributed by atoms with Crippen LogP contribution in [0.3, 0.4) is 0 Å². The zero-order valence-corrected chi connectivity index (χ0v) is 9.37. The van der Waals surface area contributed by atoms with E-state index >= 15 is 0 Å². The van der Waals surface area contributed by atoms with Crippen molar-refractivity contribution in [2.24, 2.45) is 5.92 Å². The van der Waals surface area contributed by atoms with Gasteiger partial charge >= 0.3 is 0 Å². The van der Waals surface area contributed by atoms with Crippen LogP contribution in [0.25, 0.3) is 0 Å². The average molecular weight is 200 g/mol. The molecule has 1 unspecified atom stereocenters. The van der Waals surface area contributed by atoms with Crippen LogP contribution in [0.4, 0.5) is 0 Å². The van der Waals surface area contributed by atoms with Gasteiger partial charge in [0.15, 0.2) is 6.29 Å². The highest BCUT2D eigenvalue weighted by molar-refractivity contribution is 4.65. The summed E-state index contributed by atoms with van der Waals surface area (Å²) in [4.78, 5) is 0. The van der Waals surface area contributed by atoms with Crippen molar-refractivity contribution in [2.75, 3.05) is 6.61 Å². The molecule has 1 fully saturated rings. The van der Waals surface area contributed by atoms with E-state index in [1.807, 2.05) is 0 Å². The largest absolute Gasteiger partial charge is 0.368 e. The van der Waals surface area contributed by atoms with E-state index in [0.717, 1.165) is 12.3 Å². The summed E-state index contributed by atoms with van der Waals surface area (Å²) in [6, 6.07) is 0. The molecule has 0 amide bonds. The topological polar surface area (TPSA) is 29.5 Å². The minimum absolute atomic E-state index is 0.593. The molecular formula is C12H24O2. The van der Waals surface area contributed by atoms with Crippen LogP contribution in [0.5, 0.6) is 0 Å². The SMILES string of the molecule is CC(O)OCCCCC1CCCCC1. The lowest BCUT2D eigenvalue weighted by atomic mass is 9.86. The lowest BCUT2D eigenvalue weighted by Gasteiger charge is -2.21. The van der Waals surface area contributed by atoms with Gasteiger partial charge in [0, 0.05) is 6.61 Å². The minimum Gasteiger partial charge on any atom is -0.368 e. The molecule has 0 saturated heterocycles. The van der Waals surface area contributed by atoms with Gasteiger partial charge in [0.1, 0.15) is 0 Å². The molecule has 1 aliphatic rings. The van der Waals surface area contributed by atoms with Crippen LogP contribution >= 0.6 is 0 Å². The molecule has 0 aliphatic heterocycles. The lowest BCUT2D eigenvalue weighted by molar-refractivity contribution is -0.0860. The van der Waals surface area contributed by atoms with Gasteiger partial charge in [-0.1, -0.05) is 44.9 Å². The number of ether oxygens (including phenoxy) is 1. The van der Waals surface area contributed by atoms with Crippen molar-refractivity contribution in [3.05, 3.63) is 0 Å². The third kappa shape index (κ3) is 5.61. The summed E-state index contributed by atoms with van der Waals surface area (Å²) < 4.78 is 5.09. The van der Waals surface area contributed by atoms with Gasteiger partial charge in [-0.3, -0.25) is 0 Å². The molecule has 1 saturated carbocycles. The average Bonchev–Trinajstić information content (AvgIpc) is 2.18. The van der Waals surface area contributed by atoms with Crippen LogP contribution in [-0.4, -0.2) is 18.0 Å². The summed E-state index contributed by atoms with van der Waals surface area (Å²) in [5, 5.41) is 8.88. The Morgan fingerprint density at radius 3 is 2.57 bits per heavy atom. The number of hydrogen-bond acceptors (Lipinski definition) is 2. The molecule has 14 heavy (non-hydrogen) atoms. The molecule has 0 aromatic carbocycles. The Balaban J connectivity index is 1.87. The highest BCUT2D eigenvalue weighted by Gasteiger charge is 2.12. The van der Waals surface area contributed by atoms with Crippen LogP contribution in [-0.2, 0) is 4.74 Å². The van der Waals surface area contributed by atoms with E-state index in [-0.39, 0.29) is 0 Å². The summed E-state index contributed by atoms with van der Waals surface area (Å²) in [5.41, 5.74) is 0. The van der Waals surface area contributed by atoms with Crippen molar-refractivity contribution in [1.29, 1.82) is 0 Å². The van der Waals surface area contributed by atoms with Gasteiger partial charge in [-0.15, -0.1) is 0 Å². The predicted octanol–water partition coefficient (Wildman–Crippen LogP) is 3.09. The monoisotopic (exact) mass is 200 g/mol. The first-order valence-electron chi connectivity index (χ1n) is 6.08. The second-order valence-corrected chi connectivity index (χ2v) is 4.47. The van der Waals surface area contributed by atoms with E-state index in [4.69, 9.17) is 9.84 Å². The van der Waals surface area contributed by atoms with Gasteiger partial charge in [-0.2, -0.15) is 0 Å². The molecule has 0 bridgehead atoms. The molecule has 1 atom stereocenters. The predicted molar refractivity (Wildman–Crippen MR) is 58.1 cm³/mol. The number of hydrogen-bond donors (Lipinski definition) is 1.